The molecule has 4 heteroatoms. The lowest BCUT2D eigenvalue weighted by atomic mass is 9.85. The van der Waals surface area contributed by atoms with Gasteiger partial charge in [0.25, 0.3) is 0 Å². The smallest absolute Gasteiger partial charge is 0.220 e. The zero-order valence-electron chi connectivity index (χ0n) is 12.9. The van der Waals surface area contributed by atoms with Crippen LogP contribution in [0.2, 0.25) is 0 Å². The highest BCUT2D eigenvalue weighted by Gasteiger charge is 2.22. The average Bonchev–Trinajstić information content (AvgIpc) is 2.48. The van der Waals surface area contributed by atoms with Gasteiger partial charge in [0.05, 0.1) is 6.04 Å². The van der Waals surface area contributed by atoms with Crippen LogP contribution in [0.25, 0.3) is 0 Å². The largest absolute Gasteiger partial charge is 0.350 e. The van der Waals surface area contributed by atoms with Crippen molar-refractivity contribution in [1.29, 1.82) is 0 Å². The maximum Gasteiger partial charge on any atom is 0.220 e. The maximum absolute atomic E-state index is 12.2. The van der Waals surface area contributed by atoms with Crippen LogP contribution in [0.15, 0.2) is 28.7 Å². The van der Waals surface area contributed by atoms with E-state index in [9.17, 15) is 4.79 Å². The van der Waals surface area contributed by atoms with Gasteiger partial charge in [-0.15, -0.1) is 0 Å². The van der Waals surface area contributed by atoms with E-state index >= 15 is 0 Å². The Morgan fingerprint density at radius 1 is 1.38 bits per heavy atom. The highest BCUT2D eigenvalue weighted by molar-refractivity contribution is 9.10. The van der Waals surface area contributed by atoms with Gasteiger partial charge < -0.3 is 10.6 Å². The number of halogens is 1. The van der Waals surface area contributed by atoms with E-state index in [0.29, 0.717) is 18.3 Å². The molecule has 1 heterocycles. The highest BCUT2D eigenvalue weighted by Crippen LogP contribution is 2.23. The van der Waals surface area contributed by atoms with Gasteiger partial charge in [-0.25, -0.2) is 0 Å². The molecule has 1 aliphatic heterocycles. The Morgan fingerprint density at radius 2 is 2.10 bits per heavy atom. The maximum atomic E-state index is 12.2. The number of piperidine rings is 1. The molecule has 2 N–H and O–H groups in total. The number of carbonyl (C=O) groups is 1. The first-order chi connectivity index (χ1) is 10.1. The average molecular weight is 353 g/mol. The Bertz CT molecular complexity index is 454. The number of nitrogens with one attached hydrogen (secondary N) is 2. The molecule has 3 nitrogen and oxygen atoms in total. The van der Waals surface area contributed by atoms with Crippen LogP contribution in [0.1, 0.15) is 44.7 Å². The molecule has 0 radical (unpaired) electrons. The molecule has 0 saturated carbocycles. The fourth-order valence-electron chi connectivity index (χ4n) is 2.96. The quantitative estimate of drug-likeness (QED) is 0.848. The van der Waals surface area contributed by atoms with E-state index in [2.05, 4.69) is 33.5 Å². The topological polar surface area (TPSA) is 41.1 Å². The number of benzene rings is 1. The highest BCUT2D eigenvalue weighted by atomic mass is 79.9. The van der Waals surface area contributed by atoms with E-state index in [-0.39, 0.29) is 11.9 Å². The Labute approximate surface area is 136 Å². The summed E-state index contributed by atoms with van der Waals surface area (Å²) in [5.41, 5.74) is 1.14. The summed E-state index contributed by atoms with van der Waals surface area (Å²) in [6.45, 7) is 6.41. The third-order valence-corrected chi connectivity index (χ3v) is 4.92. The van der Waals surface area contributed by atoms with Crippen molar-refractivity contribution in [2.45, 2.75) is 39.2 Å². The predicted molar refractivity (Wildman–Crippen MR) is 90.1 cm³/mol. The SMILES string of the molecule is CC(NC(=O)CC(C)C1CCCNC1)c1ccc(Br)cc1. The summed E-state index contributed by atoms with van der Waals surface area (Å²) >= 11 is 3.43. The molecule has 0 bridgehead atoms. The van der Waals surface area contributed by atoms with E-state index < -0.39 is 0 Å². The van der Waals surface area contributed by atoms with Crippen LogP contribution in [0.4, 0.5) is 0 Å². The Hall–Kier alpha value is -0.870. The number of carbonyl (C=O) groups excluding carboxylic acids is 1. The Kier molecular flexibility index (Phi) is 6.24. The van der Waals surface area contributed by atoms with E-state index in [1.165, 1.54) is 12.8 Å². The van der Waals surface area contributed by atoms with Gasteiger partial charge >= 0.3 is 0 Å². The van der Waals surface area contributed by atoms with Gasteiger partial charge in [0.2, 0.25) is 5.91 Å². The van der Waals surface area contributed by atoms with Crippen LogP contribution >= 0.6 is 15.9 Å². The number of amides is 1. The van der Waals surface area contributed by atoms with E-state index in [4.69, 9.17) is 0 Å². The Morgan fingerprint density at radius 3 is 2.71 bits per heavy atom. The first kappa shape index (κ1) is 16.5. The van der Waals surface area contributed by atoms with E-state index in [1.807, 2.05) is 31.2 Å². The second-order valence-electron chi connectivity index (χ2n) is 6.13. The lowest BCUT2D eigenvalue weighted by Gasteiger charge is -2.28. The summed E-state index contributed by atoms with van der Waals surface area (Å²) in [6, 6.07) is 8.16. The van der Waals surface area contributed by atoms with Gasteiger partial charge in [0, 0.05) is 10.9 Å². The molecule has 2 rings (SSSR count). The van der Waals surface area contributed by atoms with Crippen molar-refractivity contribution in [3.05, 3.63) is 34.3 Å². The minimum absolute atomic E-state index is 0.0577. The van der Waals surface area contributed by atoms with Crippen molar-refractivity contribution in [2.24, 2.45) is 11.8 Å². The number of hydrogen-bond donors (Lipinski definition) is 2. The standard InChI is InChI=1S/C17H25BrN2O/c1-12(15-4-3-9-19-11-15)10-17(21)20-13(2)14-5-7-16(18)8-6-14/h5-8,12-13,15,19H,3-4,9-11H2,1-2H3,(H,20,21). The van der Waals surface area contributed by atoms with Crippen molar-refractivity contribution in [1.82, 2.24) is 10.6 Å². The van der Waals surface area contributed by atoms with Gasteiger partial charge in [0.15, 0.2) is 0 Å². The van der Waals surface area contributed by atoms with E-state index in [0.717, 1.165) is 23.1 Å². The minimum atomic E-state index is 0.0577. The van der Waals surface area contributed by atoms with Crippen molar-refractivity contribution in [3.8, 4) is 0 Å². The van der Waals surface area contributed by atoms with Crippen LogP contribution < -0.4 is 10.6 Å². The first-order valence-corrected chi connectivity index (χ1v) is 8.61. The van der Waals surface area contributed by atoms with E-state index in [1.54, 1.807) is 0 Å². The van der Waals surface area contributed by atoms with Gasteiger partial charge in [-0.1, -0.05) is 35.0 Å². The summed E-state index contributed by atoms with van der Waals surface area (Å²) in [5, 5.41) is 6.54. The predicted octanol–water partition coefficient (Wildman–Crippen LogP) is 3.65. The van der Waals surface area contributed by atoms with Crippen molar-refractivity contribution < 1.29 is 4.79 Å². The van der Waals surface area contributed by atoms with Crippen LogP contribution in [0.3, 0.4) is 0 Å². The molecule has 116 valence electrons. The zero-order valence-corrected chi connectivity index (χ0v) is 14.4. The molecular formula is C17H25BrN2O. The normalized spacial score (nSPS) is 21.6. The van der Waals surface area contributed by atoms with Gasteiger partial charge in [0.1, 0.15) is 0 Å². The molecule has 1 aliphatic rings. The molecule has 1 amide bonds. The third-order valence-electron chi connectivity index (χ3n) is 4.39. The molecule has 1 fully saturated rings. The van der Waals surface area contributed by atoms with Crippen molar-refractivity contribution in [3.63, 3.8) is 0 Å². The fourth-order valence-corrected chi connectivity index (χ4v) is 3.22. The van der Waals surface area contributed by atoms with Crippen molar-refractivity contribution >= 4 is 21.8 Å². The monoisotopic (exact) mass is 352 g/mol. The Balaban J connectivity index is 1.81. The molecular weight excluding hydrogens is 328 g/mol. The molecule has 21 heavy (non-hydrogen) atoms. The molecule has 1 aromatic carbocycles. The lowest BCUT2D eigenvalue weighted by Crippen LogP contribution is -2.36. The van der Waals surface area contributed by atoms with Crippen LogP contribution in [-0.2, 0) is 4.79 Å². The molecule has 0 aliphatic carbocycles. The fraction of sp³-hybridized carbons (Fsp3) is 0.588. The summed E-state index contributed by atoms with van der Waals surface area (Å²) in [5.74, 6) is 1.23. The number of hydrogen-bond acceptors (Lipinski definition) is 2. The molecule has 0 aromatic heterocycles. The molecule has 3 unspecified atom stereocenters. The summed E-state index contributed by atoms with van der Waals surface area (Å²) in [6.07, 6.45) is 3.09. The molecule has 1 saturated heterocycles. The van der Waals surface area contributed by atoms with Gasteiger partial charge in [-0.3, -0.25) is 4.79 Å². The number of rotatable bonds is 5. The molecule has 3 atom stereocenters. The summed E-state index contributed by atoms with van der Waals surface area (Å²) < 4.78 is 1.06. The lowest BCUT2D eigenvalue weighted by molar-refractivity contribution is -0.123. The second kappa shape index (κ2) is 7.95. The second-order valence-corrected chi connectivity index (χ2v) is 7.04. The first-order valence-electron chi connectivity index (χ1n) is 7.82. The van der Waals surface area contributed by atoms with Crippen LogP contribution in [-0.4, -0.2) is 19.0 Å². The summed E-state index contributed by atoms with van der Waals surface area (Å²) in [4.78, 5) is 12.2. The third kappa shape index (κ3) is 5.11. The zero-order chi connectivity index (χ0) is 15.2. The van der Waals surface area contributed by atoms with Crippen molar-refractivity contribution in [2.75, 3.05) is 13.1 Å². The van der Waals surface area contributed by atoms with Gasteiger partial charge in [-0.2, -0.15) is 0 Å². The van der Waals surface area contributed by atoms with Gasteiger partial charge in [-0.05, 0) is 62.4 Å². The molecule has 1 aromatic rings. The van der Waals surface area contributed by atoms with Crippen LogP contribution in [0, 0.1) is 11.8 Å². The molecule has 0 spiro atoms. The summed E-state index contributed by atoms with van der Waals surface area (Å²) in [7, 11) is 0. The minimum Gasteiger partial charge on any atom is -0.350 e. The van der Waals surface area contributed by atoms with Crippen LogP contribution in [0.5, 0.6) is 0 Å².